The number of hydrogen-bond acceptors (Lipinski definition) is 4. The summed E-state index contributed by atoms with van der Waals surface area (Å²) in [7, 11) is 0. The number of hydrogen-bond donors (Lipinski definition) is 2. The Morgan fingerprint density at radius 3 is 3.00 bits per heavy atom. The molecule has 0 aromatic heterocycles. The molecule has 0 amide bonds. The van der Waals surface area contributed by atoms with E-state index in [4.69, 9.17) is 21.1 Å². The lowest BCUT2D eigenvalue weighted by molar-refractivity contribution is 0.0109. The van der Waals surface area contributed by atoms with Crippen LogP contribution in [-0.2, 0) is 4.74 Å². The number of halogens is 1. The Labute approximate surface area is 131 Å². The topological polar surface area (TPSA) is 50.7 Å². The van der Waals surface area contributed by atoms with Crippen LogP contribution < -0.4 is 10.1 Å². The zero-order valence-electron chi connectivity index (χ0n) is 12.3. The van der Waals surface area contributed by atoms with Gasteiger partial charge in [-0.25, -0.2) is 0 Å². The normalized spacial score (nSPS) is 20.2. The highest BCUT2D eigenvalue weighted by atomic mass is 35.5. The van der Waals surface area contributed by atoms with Crippen molar-refractivity contribution < 1.29 is 14.6 Å². The Balaban J connectivity index is 1.55. The second kappa shape index (κ2) is 9.26. The quantitative estimate of drug-likeness (QED) is 0.724. The lowest BCUT2D eigenvalue weighted by Gasteiger charge is -2.22. The molecule has 118 valence electrons. The molecule has 1 heterocycles. The molecule has 0 bridgehead atoms. The van der Waals surface area contributed by atoms with Gasteiger partial charge in [0, 0.05) is 13.2 Å². The summed E-state index contributed by atoms with van der Waals surface area (Å²) < 4.78 is 11.2. The van der Waals surface area contributed by atoms with Crippen LogP contribution in [0.3, 0.4) is 0 Å². The van der Waals surface area contributed by atoms with Crippen molar-refractivity contribution in [1.82, 2.24) is 5.32 Å². The summed E-state index contributed by atoms with van der Waals surface area (Å²) >= 11 is 5.98. The Bertz CT molecular complexity index is 410. The molecule has 1 fully saturated rings. The number of aliphatic hydroxyl groups excluding tert-OH is 1. The standard InChI is InChI=1S/C16H24ClNO3/c17-15-6-1-2-7-16(15)21-12-13(19)11-18-9-8-14-5-3-4-10-20-14/h1-2,6-7,13-14,18-19H,3-5,8-12H2. The second-order valence-electron chi connectivity index (χ2n) is 5.38. The third-order valence-electron chi connectivity index (χ3n) is 3.56. The van der Waals surface area contributed by atoms with E-state index >= 15 is 0 Å². The van der Waals surface area contributed by atoms with Crippen molar-refractivity contribution >= 4 is 11.6 Å². The smallest absolute Gasteiger partial charge is 0.138 e. The van der Waals surface area contributed by atoms with Gasteiger partial charge in [-0.05, 0) is 44.4 Å². The highest BCUT2D eigenvalue weighted by Crippen LogP contribution is 2.23. The maximum Gasteiger partial charge on any atom is 0.138 e. The first-order chi connectivity index (χ1) is 10.3. The molecule has 1 aromatic rings. The Hall–Kier alpha value is -0.810. The number of para-hydroxylation sites is 1. The summed E-state index contributed by atoms with van der Waals surface area (Å²) in [6.07, 6.45) is 4.43. The number of aliphatic hydroxyl groups is 1. The molecule has 0 aliphatic carbocycles. The monoisotopic (exact) mass is 313 g/mol. The molecule has 2 rings (SSSR count). The lowest BCUT2D eigenvalue weighted by Crippen LogP contribution is -2.33. The van der Waals surface area contributed by atoms with Crippen molar-refractivity contribution in [3.05, 3.63) is 29.3 Å². The van der Waals surface area contributed by atoms with Crippen LogP contribution in [0.5, 0.6) is 5.75 Å². The first kappa shape index (κ1) is 16.6. The van der Waals surface area contributed by atoms with Gasteiger partial charge in [-0.2, -0.15) is 0 Å². The number of nitrogens with one attached hydrogen (secondary N) is 1. The van der Waals surface area contributed by atoms with Gasteiger partial charge in [-0.3, -0.25) is 0 Å². The van der Waals surface area contributed by atoms with Crippen molar-refractivity contribution in [2.75, 3.05) is 26.3 Å². The lowest BCUT2D eigenvalue weighted by atomic mass is 10.1. The predicted molar refractivity (Wildman–Crippen MR) is 84.0 cm³/mol. The summed E-state index contributed by atoms with van der Waals surface area (Å²) in [5, 5.41) is 13.7. The van der Waals surface area contributed by atoms with Crippen LogP contribution >= 0.6 is 11.6 Å². The average Bonchev–Trinajstić information content (AvgIpc) is 2.52. The third-order valence-corrected chi connectivity index (χ3v) is 3.88. The van der Waals surface area contributed by atoms with Crippen LogP contribution in [0.4, 0.5) is 0 Å². The van der Waals surface area contributed by atoms with Gasteiger partial charge >= 0.3 is 0 Å². The van der Waals surface area contributed by atoms with Gasteiger partial charge in [0.1, 0.15) is 18.5 Å². The molecule has 2 atom stereocenters. The van der Waals surface area contributed by atoms with E-state index in [2.05, 4.69) is 5.32 Å². The zero-order valence-corrected chi connectivity index (χ0v) is 13.0. The molecule has 21 heavy (non-hydrogen) atoms. The van der Waals surface area contributed by atoms with Crippen LogP contribution in [0.25, 0.3) is 0 Å². The van der Waals surface area contributed by atoms with Crippen LogP contribution in [-0.4, -0.2) is 43.6 Å². The van der Waals surface area contributed by atoms with E-state index in [9.17, 15) is 5.11 Å². The van der Waals surface area contributed by atoms with Crippen molar-refractivity contribution in [2.45, 2.75) is 37.9 Å². The number of ether oxygens (including phenoxy) is 2. The minimum absolute atomic E-state index is 0.233. The highest BCUT2D eigenvalue weighted by molar-refractivity contribution is 6.32. The highest BCUT2D eigenvalue weighted by Gasteiger charge is 2.13. The summed E-state index contributed by atoms with van der Waals surface area (Å²) in [5.41, 5.74) is 0. The molecule has 1 aromatic carbocycles. The maximum atomic E-state index is 9.88. The van der Waals surface area contributed by atoms with Gasteiger partial charge in [0.25, 0.3) is 0 Å². The minimum Gasteiger partial charge on any atom is -0.489 e. The van der Waals surface area contributed by atoms with E-state index in [0.717, 1.165) is 26.0 Å². The third kappa shape index (κ3) is 6.22. The molecule has 0 spiro atoms. The fourth-order valence-corrected chi connectivity index (χ4v) is 2.56. The van der Waals surface area contributed by atoms with Gasteiger partial charge in [-0.15, -0.1) is 0 Å². The summed E-state index contributed by atoms with van der Waals surface area (Å²) in [6.45, 7) is 2.49. The van der Waals surface area contributed by atoms with E-state index in [1.54, 1.807) is 12.1 Å². The van der Waals surface area contributed by atoms with E-state index in [-0.39, 0.29) is 6.61 Å². The Kier molecular flexibility index (Phi) is 7.30. The maximum absolute atomic E-state index is 9.88. The summed E-state index contributed by atoms with van der Waals surface area (Å²) in [6, 6.07) is 7.27. The fourth-order valence-electron chi connectivity index (χ4n) is 2.37. The largest absolute Gasteiger partial charge is 0.489 e. The average molecular weight is 314 g/mol. The van der Waals surface area contributed by atoms with E-state index in [1.165, 1.54) is 12.8 Å². The first-order valence-electron chi connectivity index (χ1n) is 7.63. The van der Waals surface area contributed by atoms with Crippen LogP contribution in [0, 0.1) is 0 Å². The molecular weight excluding hydrogens is 290 g/mol. The van der Waals surface area contributed by atoms with Gasteiger partial charge in [-0.1, -0.05) is 23.7 Å². The van der Waals surface area contributed by atoms with E-state index < -0.39 is 6.10 Å². The first-order valence-corrected chi connectivity index (χ1v) is 8.01. The molecule has 1 saturated heterocycles. The van der Waals surface area contributed by atoms with Crippen LogP contribution in [0.1, 0.15) is 25.7 Å². The van der Waals surface area contributed by atoms with Crippen molar-refractivity contribution in [2.24, 2.45) is 0 Å². The van der Waals surface area contributed by atoms with Crippen molar-refractivity contribution in [1.29, 1.82) is 0 Å². The SMILES string of the molecule is OC(CNCCC1CCCCO1)COc1ccccc1Cl. The van der Waals surface area contributed by atoms with Crippen molar-refractivity contribution in [3.63, 3.8) is 0 Å². The van der Waals surface area contributed by atoms with Crippen LogP contribution in [0.2, 0.25) is 5.02 Å². The van der Waals surface area contributed by atoms with Gasteiger partial charge in [0.05, 0.1) is 11.1 Å². The molecule has 1 aliphatic heterocycles. The van der Waals surface area contributed by atoms with Gasteiger partial charge < -0.3 is 19.9 Å². The molecule has 2 unspecified atom stereocenters. The van der Waals surface area contributed by atoms with Gasteiger partial charge in [0.15, 0.2) is 0 Å². The molecule has 0 radical (unpaired) electrons. The number of rotatable bonds is 8. The molecule has 4 nitrogen and oxygen atoms in total. The van der Waals surface area contributed by atoms with E-state index in [0.29, 0.717) is 23.4 Å². The van der Waals surface area contributed by atoms with Crippen molar-refractivity contribution in [3.8, 4) is 5.75 Å². The predicted octanol–water partition coefficient (Wildman–Crippen LogP) is 2.63. The Morgan fingerprint density at radius 2 is 2.24 bits per heavy atom. The second-order valence-corrected chi connectivity index (χ2v) is 5.78. The summed E-state index contributed by atoms with van der Waals surface area (Å²) in [4.78, 5) is 0. The molecule has 5 heteroatoms. The fraction of sp³-hybridized carbons (Fsp3) is 0.625. The molecule has 2 N–H and O–H groups in total. The molecular formula is C16H24ClNO3. The van der Waals surface area contributed by atoms with E-state index in [1.807, 2.05) is 12.1 Å². The molecule has 1 aliphatic rings. The minimum atomic E-state index is -0.548. The molecule has 0 saturated carbocycles. The number of benzene rings is 1. The zero-order chi connectivity index (χ0) is 14.9. The van der Waals surface area contributed by atoms with Gasteiger partial charge in [0.2, 0.25) is 0 Å². The Morgan fingerprint density at radius 1 is 1.38 bits per heavy atom. The summed E-state index contributed by atoms with van der Waals surface area (Å²) in [5.74, 6) is 0.605. The van der Waals surface area contributed by atoms with Crippen LogP contribution in [0.15, 0.2) is 24.3 Å².